The highest BCUT2D eigenvalue weighted by Gasteiger charge is 2.12. The third-order valence-electron chi connectivity index (χ3n) is 4.32. The van der Waals surface area contributed by atoms with Gasteiger partial charge in [0.2, 0.25) is 5.89 Å². The number of rotatable bonds is 5. The van der Waals surface area contributed by atoms with E-state index in [1.165, 1.54) is 0 Å². The van der Waals surface area contributed by atoms with Gasteiger partial charge < -0.3 is 9.84 Å². The summed E-state index contributed by atoms with van der Waals surface area (Å²) >= 11 is 0. The number of hydrogen-bond donors (Lipinski definition) is 1. The van der Waals surface area contributed by atoms with Crippen molar-refractivity contribution in [2.45, 2.75) is 26.3 Å². The number of amides is 1. The summed E-state index contributed by atoms with van der Waals surface area (Å²) in [5.74, 6) is 0.908. The molecule has 140 valence electrons. The first-order chi connectivity index (χ1) is 13.6. The Labute approximate surface area is 161 Å². The minimum Gasteiger partial charge on any atom is -0.345 e. The third-order valence-corrected chi connectivity index (χ3v) is 4.32. The van der Waals surface area contributed by atoms with Crippen LogP contribution in [-0.2, 0) is 6.54 Å². The average molecular weight is 373 g/mol. The SMILES string of the molecule is CC(C)c1nc(CNC(=O)c2ccc(-c3cccc4cccnc34)nc2)no1. The van der Waals surface area contributed by atoms with Gasteiger partial charge in [0.1, 0.15) is 0 Å². The second-order valence-corrected chi connectivity index (χ2v) is 6.70. The molecule has 0 fully saturated rings. The van der Waals surface area contributed by atoms with Crippen molar-refractivity contribution >= 4 is 16.8 Å². The summed E-state index contributed by atoms with van der Waals surface area (Å²) in [6.07, 6.45) is 3.32. The van der Waals surface area contributed by atoms with Crippen LogP contribution in [0.2, 0.25) is 0 Å². The second kappa shape index (κ2) is 7.56. The van der Waals surface area contributed by atoms with E-state index in [2.05, 4.69) is 25.4 Å². The number of para-hydroxylation sites is 1. The number of pyridine rings is 2. The maximum Gasteiger partial charge on any atom is 0.253 e. The lowest BCUT2D eigenvalue weighted by Crippen LogP contribution is -2.23. The number of carbonyl (C=O) groups excluding carboxylic acids is 1. The molecule has 4 aromatic rings. The normalized spacial score (nSPS) is 11.1. The Kier molecular flexibility index (Phi) is 4.80. The molecule has 0 spiro atoms. The van der Waals surface area contributed by atoms with Crippen LogP contribution < -0.4 is 5.32 Å². The molecule has 4 rings (SSSR count). The molecule has 0 bridgehead atoms. The molecule has 7 nitrogen and oxygen atoms in total. The highest BCUT2D eigenvalue weighted by Crippen LogP contribution is 2.25. The first-order valence-corrected chi connectivity index (χ1v) is 9.02. The first kappa shape index (κ1) is 17.8. The summed E-state index contributed by atoms with van der Waals surface area (Å²) < 4.78 is 5.13. The minimum atomic E-state index is -0.244. The molecular weight excluding hydrogens is 354 g/mol. The fraction of sp³-hybridized carbons (Fsp3) is 0.190. The summed E-state index contributed by atoms with van der Waals surface area (Å²) in [6.45, 7) is 4.13. The van der Waals surface area contributed by atoms with Crippen LogP contribution in [0.1, 0.15) is 41.8 Å². The molecule has 0 aliphatic rings. The van der Waals surface area contributed by atoms with E-state index >= 15 is 0 Å². The van der Waals surface area contributed by atoms with Crippen LogP contribution in [0.15, 0.2) is 59.4 Å². The van der Waals surface area contributed by atoms with Gasteiger partial charge in [-0.15, -0.1) is 0 Å². The molecule has 1 N–H and O–H groups in total. The predicted molar refractivity (Wildman–Crippen MR) is 105 cm³/mol. The maximum atomic E-state index is 12.4. The van der Waals surface area contributed by atoms with Gasteiger partial charge in [-0.1, -0.05) is 43.3 Å². The zero-order chi connectivity index (χ0) is 19.5. The highest BCUT2D eigenvalue weighted by molar-refractivity contribution is 5.95. The van der Waals surface area contributed by atoms with Gasteiger partial charge in [0.05, 0.1) is 23.3 Å². The fourth-order valence-corrected chi connectivity index (χ4v) is 2.83. The summed E-state index contributed by atoms with van der Waals surface area (Å²) in [5, 5.41) is 7.69. The monoisotopic (exact) mass is 373 g/mol. The van der Waals surface area contributed by atoms with Gasteiger partial charge >= 0.3 is 0 Å². The Balaban J connectivity index is 1.48. The van der Waals surface area contributed by atoms with Crippen LogP contribution >= 0.6 is 0 Å². The van der Waals surface area contributed by atoms with E-state index in [9.17, 15) is 4.79 Å². The van der Waals surface area contributed by atoms with Crippen molar-refractivity contribution in [3.8, 4) is 11.3 Å². The van der Waals surface area contributed by atoms with Gasteiger partial charge in [0, 0.05) is 29.3 Å². The molecule has 1 aromatic carbocycles. The van der Waals surface area contributed by atoms with Gasteiger partial charge in [0.15, 0.2) is 5.82 Å². The number of nitrogens with one attached hydrogen (secondary N) is 1. The lowest BCUT2D eigenvalue weighted by molar-refractivity contribution is 0.0949. The van der Waals surface area contributed by atoms with E-state index in [1.54, 1.807) is 18.5 Å². The Hall–Kier alpha value is -3.61. The number of aromatic nitrogens is 4. The molecule has 0 aliphatic heterocycles. The molecule has 0 saturated carbocycles. The van der Waals surface area contributed by atoms with Crippen molar-refractivity contribution in [2.75, 3.05) is 0 Å². The molecule has 3 aromatic heterocycles. The molecule has 28 heavy (non-hydrogen) atoms. The summed E-state index contributed by atoms with van der Waals surface area (Å²) in [6, 6.07) is 13.4. The van der Waals surface area contributed by atoms with E-state index in [0.717, 1.165) is 22.2 Å². The Morgan fingerprint density at radius 3 is 2.71 bits per heavy atom. The number of fused-ring (bicyclic) bond motifs is 1. The second-order valence-electron chi connectivity index (χ2n) is 6.70. The molecular formula is C21H19N5O2. The Bertz CT molecular complexity index is 1110. The van der Waals surface area contributed by atoms with Crippen LogP contribution in [-0.4, -0.2) is 26.0 Å². The quantitative estimate of drug-likeness (QED) is 0.573. The molecule has 7 heteroatoms. The van der Waals surface area contributed by atoms with Crippen LogP contribution in [0.3, 0.4) is 0 Å². The first-order valence-electron chi connectivity index (χ1n) is 9.02. The number of carbonyl (C=O) groups is 1. The van der Waals surface area contributed by atoms with E-state index in [0.29, 0.717) is 17.3 Å². The van der Waals surface area contributed by atoms with Crippen LogP contribution in [0.25, 0.3) is 22.2 Å². The summed E-state index contributed by atoms with van der Waals surface area (Å²) in [5.41, 5.74) is 3.04. The standard InChI is InChI=1S/C21H19N5O2/c1-13(2)21-25-18(26-28-21)12-24-20(27)15-8-9-17(23-11-15)16-7-3-5-14-6-4-10-22-19(14)16/h3-11,13H,12H2,1-2H3,(H,24,27). The minimum absolute atomic E-state index is 0.150. The van der Waals surface area contributed by atoms with E-state index < -0.39 is 0 Å². The molecule has 0 aliphatic carbocycles. The zero-order valence-corrected chi connectivity index (χ0v) is 15.6. The van der Waals surface area contributed by atoms with Crippen LogP contribution in [0.4, 0.5) is 0 Å². The largest absolute Gasteiger partial charge is 0.345 e. The molecule has 0 unspecified atom stereocenters. The third kappa shape index (κ3) is 3.59. The molecule has 0 saturated heterocycles. The smallest absolute Gasteiger partial charge is 0.253 e. The summed E-state index contributed by atoms with van der Waals surface area (Å²) in [7, 11) is 0. The predicted octanol–water partition coefficient (Wildman–Crippen LogP) is 3.73. The fourth-order valence-electron chi connectivity index (χ4n) is 2.83. The molecule has 3 heterocycles. The maximum absolute atomic E-state index is 12.4. The highest BCUT2D eigenvalue weighted by atomic mass is 16.5. The lowest BCUT2D eigenvalue weighted by Gasteiger charge is -2.06. The van der Waals surface area contributed by atoms with E-state index in [1.807, 2.05) is 50.2 Å². The molecule has 0 radical (unpaired) electrons. The Morgan fingerprint density at radius 2 is 1.96 bits per heavy atom. The van der Waals surface area contributed by atoms with Gasteiger partial charge in [0.25, 0.3) is 5.91 Å². The van der Waals surface area contributed by atoms with Gasteiger partial charge in [-0.3, -0.25) is 14.8 Å². The van der Waals surface area contributed by atoms with Crippen molar-refractivity contribution in [2.24, 2.45) is 0 Å². The summed E-state index contributed by atoms with van der Waals surface area (Å²) in [4.78, 5) is 25.5. The van der Waals surface area contributed by atoms with Gasteiger partial charge in [-0.2, -0.15) is 4.98 Å². The topological polar surface area (TPSA) is 93.8 Å². The van der Waals surface area contributed by atoms with Gasteiger partial charge in [-0.25, -0.2) is 0 Å². The van der Waals surface area contributed by atoms with Crippen LogP contribution in [0.5, 0.6) is 0 Å². The van der Waals surface area contributed by atoms with E-state index in [4.69, 9.17) is 4.52 Å². The molecule has 1 amide bonds. The number of benzene rings is 1. The average Bonchev–Trinajstić information content (AvgIpc) is 3.21. The zero-order valence-electron chi connectivity index (χ0n) is 15.6. The number of hydrogen-bond acceptors (Lipinski definition) is 6. The Morgan fingerprint density at radius 1 is 1.11 bits per heavy atom. The van der Waals surface area contributed by atoms with Crippen molar-refractivity contribution in [3.63, 3.8) is 0 Å². The van der Waals surface area contributed by atoms with Crippen LogP contribution in [0, 0.1) is 0 Å². The van der Waals surface area contributed by atoms with Gasteiger partial charge in [-0.05, 0) is 18.2 Å². The molecule has 0 atom stereocenters. The van der Waals surface area contributed by atoms with Crippen molar-refractivity contribution in [1.82, 2.24) is 25.4 Å². The lowest BCUT2D eigenvalue weighted by atomic mass is 10.1. The van der Waals surface area contributed by atoms with Crippen molar-refractivity contribution in [1.29, 1.82) is 0 Å². The van der Waals surface area contributed by atoms with Crippen molar-refractivity contribution in [3.05, 3.63) is 72.1 Å². The number of nitrogens with zero attached hydrogens (tertiary/aromatic N) is 4. The van der Waals surface area contributed by atoms with Crippen molar-refractivity contribution < 1.29 is 9.32 Å². The van der Waals surface area contributed by atoms with E-state index in [-0.39, 0.29) is 18.4 Å².